The summed E-state index contributed by atoms with van der Waals surface area (Å²) < 4.78 is 0. The van der Waals surface area contributed by atoms with Crippen molar-refractivity contribution in [2.24, 2.45) is 5.92 Å². The van der Waals surface area contributed by atoms with Crippen molar-refractivity contribution in [2.45, 2.75) is 39.0 Å². The van der Waals surface area contributed by atoms with Crippen molar-refractivity contribution in [1.82, 2.24) is 0 Å². The van der Waals surface area contributed by atoms with Gasteiger partial charge in [0.2, 0.25) is 0 Å². The minimum absolute atomic E-state index is 0.621. The highest BCUT2D eigenvalue weighted by atomic mass is 14.9. The highest BCUT2D eigenvalue weighted by Crippen LogP contribution is 2.27. The average Bonchev–Trinajstić information content (AvgIpc) is 2.16. The first-order valence-electron chi connectivity index (χ1n) is 6.09. The average molecular weight is 203 g/mol. The highest BCUT2D eigenvalue weighted by Gasteiger charge is 2.16. The summed E-state index contributed by atoms with van der Waals surface area (Å²) in [5.74, 6) is 1.54. The summed E-state index contributed by atoms with van der Waals surface area (Å²) in [5.41, 5.74) is 2.71. The number of anilines is 1. The minimum Gasteiger partial charge on any atom is -0.385 e. The van der Waals surface area contributed by atoms with E-state index in [-0.39, 0.29) is 0 Å². The quantitative estimate of drug-likeness (QED) is 0.779. The summed E-state index contributed by atoms with van der Waals surface area (Å²) in [7, 11) is 0. The van der Waals surface area contributed by atoms with Crippen LogP contribution in [0, 0.1) is 5.92 Å². The second kappa shape index (κ2) is 4.69. The zero-order valence-corrected chi connectivity index (χ0v) is 9.79. The lowest BCUT2D eigenvalue weighted by Gasteiger charge is -2.26. The van der Waals surface area contributed by atoms with Crippen LogP contribution in [-0.4, -0.2) is 6.54 Å². The molecule has 0 atom stereocenters. The molecule has 0 unspecified atom stereocenters. The molecule has 1 heteroatoms. The molecule has 0 bridgehead atoms. The third-order valence-electron chi connectivity index (χ3n) is 3.37. The van der Waals surface area contributed by atoms with Gasteiger partial charge in [-0.3, -0.25) is 0 Å². The lowest BCUT2D eigenvalue weighted by molar-refractivity contribution is 0.333. The molecule has 0 heterocycles. The number of nitrogens with one attached hydrogen (secondary N) is 1. The molecule has 1 N–H and O–H groups in total. The van der Waals surface area contributed by atoms with E-state index in [1.165, 1.54) is 30.5 Å². The van der Waals surface area contributed by atoms with Gasteiger partial charge in [0.25, 0.3) is 0 Å². The second-order valence-electron chi connectivity index (χ2n) is 4.96. The molecule has 1 aromatic carbocycles. The zero-order chi connectivity index (χ0) is 10.7. The summed E-state index contributed by atoms with van der Waals surface area (Å²) in [4.78, 5) is 0. The van der Waals surface area contributed by atoms with Crippen LogP contribution in [0.25, 0.3) is 0 Å². The molecule has 1 aliphatic rings. The molecule has 1 saturated carbocycles. The molecule has 0 aliphatic heterocycles. The van der Waals surface area contributed by atoms with Gasteiger partial charge in [0.1, 0.15) is 0 Å². The van der Waals surface area contributed by atoms with Crippen molar-refractivity contribution in [1.29, 1.82) is 0 Å². The SMILES string of the molecule is CC(C)c1cccc(NCC2CCC2)c1. The first-order chi connectivity index (χ1) is 7.25. The van der Waals surface area contributed by atoms with Crippen molar-refractivity contribution in [3.05, 3.63) is 29.8 Å². The van der Waals surface area contributed by atoms with Gasteiger partial charge in [-0.2, -0.15) is 0 Å². The number of rotatable bonds is 4. The molecule has 15 heavy (non-hydrogen) atoms. The standard InChI is InChI=1S/C14H21N/c1-11(2)13-7-4-8-14(9-13)15-10-12-5-3-6-12/h4,7-9,11-12,15H,3,5-6,10H2,1-2H3. The summed E-state index contributed by atoms with van der Waals surface area (Å²) in [6.45, 7) is 5.64. The lowest BCUT2D eigenvalue weighted by Crippen LogP contribution is -2.20. The second-order valence-corrected chi connectivity index (χ2v) is 4.96. The smallest absolute Gasteiger partial charge is 0.0343 e. The van der Waals surface area contributed by atoms with Gasteiger partial charge in [0, 0.05) is 12.2 Å². The molecule has 1 fully saturated rings. The van der Waals surface area contributed by atoms with E-state index in [0.29, 0.717) is 5.92 Å². The van der Waals surface area contributed by atoms with E-state index in [0.717, 1.165) is 12.5 Å². The van der Waals surface area contributed by atoms with E-state index >= 15 is 0 Å². The van der Waals surface area contributed by atoms with Crippen molar-refractivity contribution in [3.63, 3.8) is 0 Å². The maximum atomic E-state index is 3.54. The van der Waals surface area contributed by atoms with E-state index < -0.39 is 0 Å². The van der Waals surface area contributed by atoms with Gasteiger partial charge in [-0.15, -0.1) is 0 Å². The molecular weight excluding hydrogens is 182 g/mol. The Morgan fingerprint density at radius 3 is 2.73 bits per heavy atom. The van der Waals surface area contributed by atoms with Crippen LogP contribution < -0.4 is 5.32 Å². The molecule has 1 nitrogen and oxygen atoms in total. The number of hydrogen-bond donors (Lipinski definition) is 1. The minimum atomic E-state index is 0.621. The fourth-order valence-electron chi connectivity index (χ4n) is 1.97. The van der Waals surface area contributed by atoms with E-state index in [4.69, 9.17) is 0 Å². The van der Waals surface area contributed by atoms with Crippen LogP contribution in [0.5, 0.6) is 0 Å². The van der Waals surface area contributed by atoms with Crippen LogP contribution in [0.2, 0.25) is 0 Å². The Balaban J connectivity index is 1.92. The highest BCUT2D eigenvalue weighted by molar-refractivity contribution is 5.46. The van der Waals surface area contributed by atoms with Gasteiger partial charge in [-0.05, 0) is 42.4 Å². The van der Waals surface area contributed by atoms with Gasteiger partial charge >= 0.3 is 0 Å². The Labute approximate surface area is 92.9 Å². The van der Waals surface area contributed by atoms with Crippen molar-refractivity contribution in [2.75, 3.05) is 11.9 Å². The van der Waals surface area contributed by atoms with Crippen molar-refractivity contribution >= 4 is 5.69 Å². The van der Waals surface area contributed by atoms with Gasteiger partial charge in [-0.25, -0.2) is 0 Å². The molecule has 1 aromatic rings. The van der Waals surface area contributed by atoms with E-state index in [2.05, 4.69) is 43.4 Å². The molecular formula is C14H21N. The molecule has 1 aliphatic carbocycles. The van der Waals surface area contributed by atoms with E-state index in [9.17, 15) is 0 Å². The fraction of sp³-hybridized carbons (Fsp3) is 0.571. The van der Waals surface area contributed by atoms with Crippen LogP contribution in [0.4, 0.5) is 5.69 Å². The Bertz CT molecular complexity index is 313. The zero-order valence-electron chi connectivity index (χ0n) is 9.79. The maximum absolute atomic E-state index is 3.54. The van der Waals surface area contributed by atoms with E-state index in [1.807, 2.05) is 0 Å². The molecule has 0 spiro atoms. The first-order valence-corrected chi connectivity index (χ1v) is 6.09. The Morgan fingerprint density at radius 1 is 1.33 bits per heavy atom. The fourth-order valence-corrected chi connectivity index (χ4v) is 1.97. The Morgan fingerprint density at radius 2 is 2.13 bits per heavy atom. The van der Waals surface area contributed by atoms with Gasteiger partial charge < -0.3 is 5.32 Å². The molecule has 0 amide bonds. The van der Waals surface area contributed by atoms with Crippen LogP contribution in [0.15, 0.2) is 24.3 Å². The normalized spacial score (nSPS) is 16.5. The van der Waals surface area contributed by atoms with Crippen molar-refractivity contribution < 1.29 is 0 Å². The van der Waals surface area contributed by atoms with Gasteiger partial charge in [-0.1, -0.05) is 32.4 Å². The predicted octanol–water partition coefficient (Wildman–Crippen LogP) is 4.02. The Hall–Kier alpha value is -0.980. The third kappa shape index (κ3) is 2.74. The van der Waals surface area contributed by atoms with E-state index in [1.54, 1.807) is 0 Å². The molecule has 2 rings (SSSR count). The van der Waals surface area contributed by atoms with Gasteiger partial charge in [0.05, 0.1) is 0 Å². The van der Waals surface area contributed by atoms with Crippen LogP contribution in [0.1, 0.15) is 44.6 Å². The predicted molar refractivity (Wildman–Crippen MR) is 66.4 cm³/mol. The number of benzene rings is 1. The topological polar surface area (TPSA) is 12.0 Å². The summed E-state index contributed by atoms with van der Waals surface area (Å²) in [5, 5.41) is 3.54. The summed E-state index contributed by atoms with van der Waals surface area (Å²) in [6.07, 6.45) is 4.26. The van der Waals surface area contributed by atoms with Crippen LogP contribution >= 0.6 is 0 Å². The summed E-state index contributed by atoms with van der Waals surface area (Å²) in [6, 6.07) is 8.81. The van der Waals surface area contributed by atoms with Crippen LogP contribution in [-0.2, 0) is 0 Å². The Kier molecular flexibility index (Phi) is 3.30. The van der Waals surface area contributed by atoms with Gasteiger partial charge in [0.15, 0.2) is 0 Å². The monoisotopic (exact) mass is 203 g/mol. The molecule has 0 saturated heterocycles. The number of hydrogen-bond acceptors (Lipinski definition) is 1. The lowest BCUT2D eigenvalue weighted by atomic mass is 9.85. The molecule has 0 aromatic heterocycles. The summed E-state index contributed by atoms with van der Waals surface area (Å²) >= 11 is 0. The van der Waals surface area contributed by atoms with Crippen LogP contribution in [0.3, 0.4) is 0 Å². The van der Waals surface area contributed by atoms with Crippen molar-refractivity contribution in [3.8, 4) is 0 Å². The molecule has 0 radical (unpaired) electrons. The maximum Gasteiger partial charge on any atom is 0.0343 e. The molecule has 82 valence electrons. The largest absolute Gasteiger partial charge is 0.385 e. The first kappa shape index (κ1) is 10.5. The third-order valence-corrected chi connectivity index (χ3v) is 3.37.